The Hall–Kier alpha value is -1.56. The van der Waals surface area contributed by atoms with Gasteiger partial charge in [0.1, 0.15) is 0 Å². The van der Waals surface area contributed by atoms with Crippen molar-refractivity contribution >= 4 is 5.91 Å². The highest BCUT2D eigenvalue weighted by Crippen LogP contribution is 2.29. The summed E-state index contributed by atoms with van der Waals surface area (Å²) < 4.78 is 37.7. The number of alkyl halides is 3. The first-order chi connectivity index (χ1) is 9.95. The minimum absolute atomic E-state index is 0.155. The van der Waals surface area contributed by atoms with Gasteiger partial charge in [0.2, 0.25) is 0 Å². The SMILES string of the molecule is O=C(c1ccc(C(F)(F)F)cc1)N1CCN2CCC1CC2. The predicted molar refractivity (Wildman–Crippen MR) is 71.9 cm³/mol. The van der Waals surface area contributed by atoms with Crippen molar-refractivity contribution in [3.63, 3.8) is 0 Å². The summed E-state index contributed by atoms with van der Waals surface area (Å²) in [5.41, 5.74) is -0.384. The van der Waals surface area contributed by atoms with Crippen LogP contribution in [0.3, 0.4) is 0 Å². The first-order valence-electron chi connectivity index (χ1n) is 7.16. The fraction of sp³-hybridized carbons (Fsp3) is 0.533. The Morgan fingerprint density at radius 1 is 1.00 bits per heavy atom. The molecule has 4 rings (SSSR count). The summed E-state index contributed by atoms with van der Waals surface area (Å²) in [7, 11) is 0. The van der Waals surface area contributed by atoms with Crippen LogP contribution in [0.2, 0.25) is 0 Å². The molecule has 3 aliphatic heterocycles. The van der Waals surface area contributed by atoms with Crippen molar-refractivity contribution < 1.29 is 18.0 Å². The molecule has 0 atom stereocenters. The van der Waals surface area contributed by atoms with Gasteiger partial charge in [-0.25, -0.2) is 0 Å². The van der Waals surface area contributed by atoms with Gasteiger partial charge in [0, 0.05) is 37.8 Å². The second kappa shape index (κ2) is 5.33. The maximum atomic E-state index is 12.6. The molecule has 1 aromatic rings. The topological polar surface area (TPSA) is 23.6 Å². The fourth-order valence-corrected chi connectivity index (χ4v) is 3.12. The molecule has 3 fully saturated rings. The van der Waals surface area contributed by atoms with Crippen LogP contribution in [0, 0.1) is 0 Å². The summed E-state index contributed by atoms with van der Waals surface area (Å²) in [6.45, 7) is 3.51. The summed E-state index contributed by atoms with van der Waals surface area (Å²) in [5.74, 6) is -0.155. The molecule has 21 heavy (non-hydrogen) atoms. The molecule has 0 unspecified atom stereocenters. The predicted octanol–water partition coefficient (Wildman–Crippen LogP) is 2.63. The lowest BCUT2D eigenvalue weighted by atomic mass is 10.0. The maximum Gasteiger partial charge on any atom is 0.416 e. The molecule has 0 saturated carbocycles. The molecule has 0 spiro atoms. The Balaban J connectivity index is 1.78. The van der Waals surface area contributed by atoms with Crippen LogP contribution in [0.4, 0.5) is 13.2 Å². The average Bonchev–Trinajstić information content (AvgIpc) is 2.79. The number of benzene rings is 1. The van der Waals surface area contributed by atoms with Crippen molar-refractivity contribution in [2.45, 2.75) is 25.1 Å². The van der Waals surface area contributed by atoms with Gasteiger partial charge in [-0.3, -0.25) is 4.79 Å². The summed E-state index contributed by atoms with van der Waals surface area (Å²) >= 11 is 0. The van der Waals surface area contributed by atoms with Gasteiger partial charge in [0.15, 0.2) is 0 Å². The highest BCUT2D eigenvalue weighted by molar-refractivity contribution is 5.94. The van der Waals surface area contributed by atoms with E-state index < -0.39 is 11.7 Å². The van der Waals surface area contributed by atoms with E-state index in [0.717, 1.165) is 44.6 Å². The third-order valence-electron chi connectivity index (χ3n) is 4.38. The third-order valence-corrected chi connectivity index (χ3v) is 4.38. The van der Waals surface area contributed by atoms with Gasteiger partial charge in [-0.2, -0.15) is 13.2 Å². The molecule has 0 N–H and O–H groups in total. The summed E-state index contributed by atoms with van der Waals surface area (Å²) in [5, 5.41) is 0. The molecule has 3 saturated heterocycles. The summed E-state index contributed by atoms with van der Waals surface area (Å²) in [6.07, 6.45) is -2.46. The van der Waals surface area contributed by atoms with Gasteiger partial charge in [-0.1, -0.05) is 0 Å². The first-order valence-corrected chi connectivity index (χ1v) is 7.16. The molecule has 3 nitrogen and oxygen atoms in total. The maximum absolute atomic E-state index is 12.6. The first kappa shape index (κ1) is 14.4. The monoisotopic (exact) mass is 298 g/mol. The highest BCUT2D eigenvalue weighted by Gasteiger charge is 2.33. The van der Waals surface area contributed by atoms with Crippen molar-refractivity contribution in [1.82, 2.24) is 9.80 Å². The number of amides is 1. The highest BCUT2D eigenvalue weighted by atomic mass is 19.4. The Labute approximate surface area is 121 Å². The van der Waals surface area contributed by atoms with E-state index in [0.29, 0.717) is 12.1 Å². The van der Waals surface area contributed by atoms with E-state index in [9.17, 15) is 18.0 Å². The molecule has 3 aliphatic rings. The van der Waals surface area contributed by atoms with Crippen molar-refractivity contribution in [1.29, 1.82) is 0 Å². The van der Waals surface area contributed by atoms with E-state index in [1.807, 2.05) is 4.90 Å². The molecule has 0 aliphatic carbocycles. The Morgan fingerprint density at radius 3 is 2.19 bits per heavy atom. The van der Waals surface area contributed by atoms with E-state index in [2.05, 4.69) is 4.90 Å². The molecular weight excluding hydrogens is 281 g/mol. The standard InChI is InChI=1S/C15H17F3N2O/c16-15(17,18)12-3-1-11(2-4-12)14(21)20-10-9-19-7-5-13(20)6-8-19/h1-4,13H,5-10H2. The molecule has 114 valence electrons. The van der Waals surface area contributed by atoms with Crippen molar-refractivity contribution in [2.24, 2.45) is 0 Å². The molecular formula is C15H17F3N2O. The van der Waals surface area contributed by atoms with E-state index in [4.69, 9.17) is 0 Å². The lowest BCUT2D eigenvalue weighted by Gasteiger charge is -2.31. The number of nitrogens with zero attached hydrogens (tertiary/aromatic N) is 2. The van der Waals surface area contributed by atoms with Gasteiger partial charge in [-0.15, -0.1) is 0 Å². The van der Waals surface area contributed by atoms with Crippen LogP contribution in [0.1, 0.15) is 28.8 Å². The zero-order chi connectivity index (χ0) is 15.0. The van der Waals surface area contributed by atoms with Gasteiger partial charge in [-0.05, 0) is 37.1 Å². The van der Waals surface area contributed by atoms with E-state index in [1.165, 1.54) is 12.1 Å². The second-order valence-electron chi connectivity index (χ2n) is 5.65. The van der Waals surface area contributed by atoms with Crippen LogP contribution in [-0.2, 0) is 6.18 Å². The molecule has 1 amide bonds. The lowest BCUT2D eigenvalue weighted by Crippen LogP contribution is -2.41. The number of piperidine rings is 1. The second-order valence-corrected chi connectivity index (χ2v) is 5.65. The molecule has 0 aromatic heterocycles. The number of hydrogen-bond acceptors (Lipinski definition) is 2. The quantitative estimate of drug-likeness (QED) is 0.796. The van der Waals surface area contributed by atoms with Crippen LogP contribution in [0.25, 0.3) is 0 Å². The van der Waals surface area contributed by atoms with Crippen molar-refractivity contribution in [3.8, 4) is 0 Å². The third kappa shape index (κ3) is 2.90. The van der Waals surface area contributed by atoms with E-state index in [-0.39, 0.29) is 11.9 Å². The Bertz CT molecular complexity index is 519. The van der Waals surface area contributed by atoms with Crippen LogP contribution in [0.5, 0.6) is 0 Å². The van der Waals surface area contributed by atoms with Gasteiger partial charge < -0.3 is 9.80 Å². The largest absolute Gasteiger partial charge is 0.416 e. The summed E-state index contributed by atoms with van der Waals surface area (Å²) in [6, 6.07) is 4.74. The van der Waals surface area contributed by atoms with Crippen molar-refractivity contribution in [2.75, 3.05) is 26.2 Å². The molecule has 2 bridgehead atoms. The molecule has 0 radical (unpaired) electrons. The number of fused-ring (bicyclic) bond motifs is 4. The number of rotatable bonds is 1. The van der Waals surface area contributed by atoms with Crippen LogP contribution < -0.4 is 0 Å². The van der Waals surface area contributed by atoms with Gasteiger partial charge in [0.05, 0.1) is 5.56 Å². The zero-order valence-electron chi connectivity index (χ0n) is 11.6. The van der Waals surface area contributed by atoms with Crippen LogP contribution in [-0.4, -0.2) is 47.9 Å². The van der Waals surface area contributed by atoms with Gasteiger partial charge >= 0.3 is 6.18 Å². The molecule has 1 aromatic carbocycles. The minimum atomic E-state index is -4.36. The number of halogens is 3. The zero-order valence-corrected chi connectivity index (χ0v) is 11.6. The van der Waals surface area contributed by atoms with Crippen molar-refractivity contribution in [3.05, 3.63) is 35.4 Å². The average molecular weight is 298 g/mol. The fourth-order valence-electron chi connectivity index (χ4n) is 3.12. The number of carbonyl (C=O) groups excluding carboxylic acids is 1. The number of carbonyl (C=O) groups is 1. The van der Waals surface area contributed by atoms with E-state index in [1.54, 1.807) is 0 Å². The van der Waals surface area contributed by atoms with Crippen LogP contribution in [0.15, 0.2) is 24.3 Å². The minimum Gasteiger partial charge on any atom is -0.334 e. The number of hydrogen-bond donors (Lipinski definition) is 0. The Kier molecular flexibility index (Phi) is 3.65. The van der Waals surface area contributed by atoms with Crippen LogP contribution >= 0.6 is 0 Å². The summed E-state index contributed by atoms with van der Waals surface area (Å²) in [4.78, 5) is 16.7. The Morgan fingerprint density at radius 2 is 1.62 bits per heavy atom. The van der Waals surface area contributed by atoms with Gasteiger partial charge in [0.25, 0.3) is 5.91 Å². The molecule has 3 heterocycles. The normalized spacial score (nSPS) is 25.8. The van der Waals surface area contributed by atoms with E-state index >= 15 is 0 Å². The lowest BCUT2D eigenvalue weighted by molar-refractivity contribution is -0.137. The smallest absolute Gasteiger partial charge is 0.334 e. The molecule has 6 heteroatoms.